The van der Waals surface area contributed by atoms with E-state index in [0.717, 1.165) is 49.9 Å². The number of fused-ring (bicyclic) bond motifs is 2. The standard InChI is InChI=1S/C32H29N5O2/c1-20-15-23(21(2)37(20)30-14-8-10-22-9-4-5-12-27(22)30)16-24(18-33)31(38)36-29(32(39)34-3)17-25-19-35-28-13-7-6-11-26(25)28/h4-16,19,29,35H,17H2,1-3H3,(H,34,39)(H,36,38)/b24-16+/t29-/m0/s1. The Hall–Kier alpha value is -5.09. The highest BCUT2D eigenvalue weighted by Crippen LogP contribution is 2.28. The van der Waals surface area contributed by atoms with E-state index in [9.17, 15) is 14.9 Å². The van der Waals surface area contributed by atoms with Gasteiger partial charge in [0.2, 0.25) is 5.91 Å². The van der Waals surface area contributed by atoms with E-state index in [-0.39, 0.29) is 17.9 Å². The van der Waals surface area contributed by atoms with Crippen LogP contribution < -0.4 is 10.6 Å². The molecular formula is C32H29N5O2. The predicted molar refractivity (Wildman–Crippen MR) is 154 cm³/mol. The van der Waals surface area contributed by atoms with Crippen molar-refractivity contribution in [2.24, 2.45) is 0 Å². The Kier molecular flexibility index (Phi) is 7.02. The monoisotopic (exact) mass is 515 g/mol. The molecule has 7 heteroatoms. The van der Waals surface area contributed by atoms with Crippen molar-refractivity contribution in [3.8, 4) is 11.8 Å². The molecule has 1 atom stereocenters. The predicted octanol–water partition coefficient (Wildman–Crippen LogP) is 5.11. The molecule has 0 saturated heterocycles. The molecule has 7 nitrogen and oxygen atoms in total. The number of para-hydroxylation sites is 1. The Morgan fingerprint density at radius 2 is 1.74 bits per heavy atom. The maximum absolute atomic E-state index is 13.3. The molecule has 2 amide bonds. The number of benzene rings is 3. The van der Waals surface area contributed by atoms with Gasteiger partial charge in [-0.1, -0.05) is 54.6 Å². The molecule has 0 bridgehead atoms. The van der Waals surface area contributed by atoms with Gasteiger partial charge in [-0.2, -0.15) is 5.26 Å². The summed E-state index contributed by atoms with van der Waals surface area (Å²) in [5, 5.41) is 18.5. The number of carbonyl (C=O) groups is 2. The fourth-order valence-corrected chi connectivity index (χ4v) is 5.15. The fourth-order valence-electron chi connectivity index (χ4n) is 5.15. The van der Waals surface area contributed by atoms with Crippen LogP contribution in [0.4, 0.5) is 0 Å². The minimum Gasteiger partial charge on any atom is -0.361 e. The van der Waals surface area contributed by atoms with Crippen molar-refractivity contribution < 1.29 is 9.59 Å². The van der Waals surface area contributed by atoms with E-state index < -0.39 is 11.9 Å². The molecule has 0 unspecified atom stereocenters. The molecule has 2 heterocycles. The van der Waals surface area contributed by atoms with Gasteiger partial charge in [0, 0.05) is 47.3 Å². The molecule has 39 heavy (non-hydrogen) atoms. The zero-order chi connectivity index (χ0) is 27.5. The third kappa shape index (κ3) is 4.92. The Labute approximate surface area is 226 Å². The number of H-pyrrole nitrogens is 1. The molecule has 3 aromatic carbocycles. The van der Waals surface area contributed by atoms with E-state index in [1.807, 2.05) is 74.6 Å². The molecule has 5 aromatic rings. The molecule has 0 aliphatic heterocycles. The molecule has 5 rings (SSSR count). The summed E-state index contributed by atoms with van der Waals surface area (Å²) in [6.07, 6.45) is 3.71. The van der Waals surface area contributed by atoms with Crippen LogP contribution in [0.2, 0.25) is 0 Å². The van der Waals surface area contributed by atoms with Crippen LogP contribution in [-0.2, 0) is 16.0 Å². The zero-order valence-corrected chi connectivity index (χ0v) is 22.1. The molecule has 0 aliphatic rings. The number of nitriles is 1. The molecule has 3 N–H and O–H groups in total. The van der Waals surface area contributed by atoms with Crippen LogP contribution in [-0.4, -0.2) is 34.5 Å². The van der Waals surface area contributed by atoms with Gasteiger partial charge >= 0.3 is 0 Å². The maximum Gasteiger partial charge on any atom is 0.262 e. The van der Waals surface area contributed by atoms with Crippen molar-refractivity contribution in [1.29, 1.82) is 5.26 Å². The Balaban J connectivity index is 1.45. The third-order valence-electron chi connectivity index (χ3n) is 7.11. The number of rotatable bonds is 7. The molecule has 0 aliphatic carbocycles. The van der Waals surface area contributed by atoms with E-state index in [1.165, 1.54) is 7.05 Å². The van der Waals surface area contributed by atoms with Crippen LogP contribution in [0.3, 0.4) is 0 Å². The van der Waals surface area contributed by atoms with Crippen LogP contribution >= 0.6 is 0 Å². The van der Waals surface area contributed by atoms with Crippen molar-refractivity contribution in [2.75, 3.05) is 7.05 Å². The summed E-state index contributed by atoms with van der Waals surface area (Å²) in [5.74, 6) is -0.930. The Morgan fingerprint density at radius 3 is 2.51 bits per heavy atom. The minimum atomic E-state index is -0.846. The second-order valence-electron chi connectivity index (χ2n) is 9.53. The van der Waals surface area contributed by atoms with Gasteiger partial charge in [0.05, 0.1) is 5.69 Å². The summed E-state index contributed by atoms with van der Waals surface area (Å²) in [5.41, 5.74) is 5.47. The van der Waals surface area contributed by atoms with Crippen molar-refractivity contribution in [1.82, 2.24) is 20.2 Å². The van der Waals surface area contributed by atoms with Gasteiger partial charge in [-0.3, -0.25) is 9.59 Å². The summed E-state index contributed by atoms with van der Waals surface area (Å²) in [6.45, 7) is 3.97. The first kappa shape index (κ1) is 25.6. The second-order valence-corrected chi connectivity index (χ2v) is 9.53. The lowest BCUT2D eigenvalue weighted by Gasteiger charge is -2.17. The maximum atomic E-state index is 13.3. The number of likely N-dealkylation sites (N-methyl/N-ethyl adjacent to an activating group) is 1. The molecule has 194 valence electrons. The lowest BCUT2D eigenvalue weighted by molar-refractivity contribution is -0.126. The number of aromatic amines is 1. The third-order valence-corrected chi connectivity index (χ3v) is 7.11. The number of hydrogen-bond donors (Lipinski definition) is 3. The number of carbonyl (C=O) groups excluding carboxylic acids is 2. The molecule has 2 aromatic heterocycles. The number of nitrogens with one attached hydrogen (secondary N) is 3. The fraction of sp³-hybridized carbons (Fsp3) is 0.156. The largest absolute Gasteiger partial charge is 0.361 e. The van der Waals surface area contributed by atoms with Crippen molar-refractivity contribution >= 4 is 39.6 Å². The summed E-state index contributed by atoms with van der Waals surface area (Å²) >= 11 is 0. The highest BCUT2D eigenvalue weighted by Gasteiger charge is 2.24. The number of nitrogens with zero attached hydrogens (tertiary/aromatic N) is 2. The smallest absolute Gasteiger partial charge is 0.262 e. The Morgan fingerprint density at radius 1 is 1.03 bits per heavy atom. The average molecular weight is 516 g/mol. The lowest BCUT2D eigenvalue weighted by Crippen LogP contribution is -2.47. The van der Waals surface area contributed by atoms with Crippen LogP contribution in [0.25, 0.3) is 33.4 Å². The first-order valence-electron chi connectivity index (χ1n) is 12.8. The number of amides is 2. The van der Waals surface area contributed by atoms with Gasteiger partial charge in [0.25, 0.3) is 5.91 Å². The zero-order valence-electron chi connectivity index (χ0n) is 22.1. The first-order valence-corrected chi connectivity index (χ1v) is 12.8. The number of aromatic nitrogens is 2. The van der Waals surface area contributed by atoms with Crippen LogP contribution in [0.15, 0.2) is 84.6 Å². The SMILES string of the molecule is CNC(=O)[C@H](Cc1c[nH]c2ccccc12)NC(=O)/C(C#N)=C/c1cc(C)n(-c2cccc3ccccc23)c1C. The van der Waals surface area contributed by atoms with Gasteiger partial charge < -0.3 is 20.2 Å². The molecule has 0 spiro atoms. The average Bonchev–Trinajstić information content (AvgIpc) is 3.49. The second kappa shape index (κ2) is 10.7. The van der Waals surface area contributed by atoms with E-state index in [4.69, 9.17) is 0 Å². The summed E-state index contributed by atoms with van der Waals surface area (Å²) < 4.78 is 2.13. The van der Waals surface area contributed by atoms with E-state index in [0.29, 0.717) is 0 Å². The summed E-state index contributed by atoms with van der Waals surface area (Å²) in [4.78, 5) is 29.2. The highest BCUT2D eigenvalue weighted by molar-refractivity contribution is 6.04. The van der Waals surface area contributed by atoms with Gasteiger partial charge in [-0.15, -0.1) is 0 Å². The molecule has 0 radical (unpaired) electrons. The summed E-state index contributed by atoms with van der Waals surface area (Å²) in [7, 11) is 1.53. The van der Waals surface area contributed by atoms with Crippen molar-refractivity contribution in [3.05, 3.63) is 107 Å². The first-order chi connectivity index (χ1) is 18.9. The van der Waals surface area contributed by atoms with Gasteiger partial charge in [-0.05, 0) is 54.6 Å². The van der Waals surface area contributed by atoms with E-state index in [1.54, 1.807) is 6.08 Å². The molecular weight excluding hydrogens is 486 g/mol. The van der Waals surface area contributed by atoms with Crippen molar-refractivity contribution in [2.45, 2.75) is 26.3 Å². The van der Waals surface area contributed by atoms with E-state index in [2.05, 4.69) is 44.5 Å². The van der Waals surface area contributed by atoms with Crippen LogP contribution in [0, 0.1) is 25.2 Å². The topological polar surface area (TPSA) is 103 Å². The quantitative estimate of drug-likeness (QED) is 0.207. The number of aryl methyl sites for hydroxylation is 1. The van der Waals surface area contributed by atoms with Crippen LogP contribution in [0.5, 0.6) is 0 Å². The highest BCUT2D eigenvalue weighted by atomic mass is 16.2. The van der Waals surface area contributed by atoms with Gasteiger partial charge in [0.1, 0.15) is 17.7 Å². The lowest BCUT2D eigenvalue weighted by atomic mass is 10.0. The molecule has 0 fully saturated rings. The summed E-state index contributed by atoms with van der Waals surface area (Å²) in [6, 6.07) is 25.3. The molecule has 0 saturated carbocycles. The Bertz CT molecular complexity index is 1780. The minimum absolute atomic E-state index is 0.0685. The van der Waals surface area contributed by atoms with Crippen LogP contribution in [0.1, 0.15) is 22.5 Å². The van der Waals surface area contributed by atoms with E-state index >= 15 is 0 Å². The number of hydrogen-bond acceptors (Lipinski definition) is 3. The van der Waals surface area contributed by atoms with Gasteiger partial charge in [-0.25, -0.2) is 0 Å². The van der Waals surface area contributed by atoms with Gasteiger partial charge in [0.15, 0.2) is 0 Å². The van der Waals surface area contributed by atoms with Crippen molar-refractivity contribution in [3.63, 3.8) is 0 Å². The normalized spacial score (nSPS) is 12.3.